The van der Waals surface area contributed by atoms with Gasteiger partial charge in [0.05, 0.1) is 26.2 Å². The molecule has 0 bridgehead atoms. The van der Waals surface area contributed by atoms with Crippen LogP contribution in [0.2, 0.25) is 5.02 Å². The normalized spacial score (nSPS) is 13.6. The lowest BCUT2D eigenvalue weighted by molar-refractivity contribution is -0.137. The van der Waals surface area contributed by atoms with Crippen LogP contribution in [0.4, 0.5) is 24.8 Å². The van der Waals surface area contributed by atoms with Gasteiger partial charge in [0.2, 0.25) is 5.95 Å². The topological polar surface area (TPSA) is 70.2 Å². The predicted octanol–water partition coefficient (Wildman–Crippen LogP) is 4.97. The van der Waals surface area contributed by atoms with E-state index in [0.717, 1.165) is 41.6 Å². The monoisotopic (exact) mass is 481 g/mol. The Labute approximate surface area is 191 Å². The standard InChI is InChI=1S/C21H19ClF3N5OS/c1-30(2)19(31)17-4-3-16(32-17)18-13(21(23,24)25)10-27-20(29-18)28-15-8-11-5-6-26-9-12(11)7-14(15)22/h3-4,7-8,10,26H,5-6,9H2,1-2H3,(H,27,28,29). The molecule has 168 valence electrons. The summed E-state index contributed by atoms with van der Waals surface area (Å²) < 4.78 is 40.9. The summed E-state index contributed by atoms with van der Waals surface area (Å²) in [7, 11) is 3.15. The first-order valence-electron chi connectivity index (χ1n) is 9.68. The van der Waals surface area contributed by atoms with Gasteiger partial charge in [-0.15, -0.1) is 11.3 Å². The van der Waals surface area contributed by atoms with Gasteiger partial charge in [-0.2, -0.15) is 13.2 Å². The van der Waals surface area contributed by atoms with Crippen LogP contribution in [0.15, 0.2) is 30.5 Å². The van der Waals surface area contributed by atoms with E-state index in [9.17, 15) is 18.0 Å². The molecule has 0 atom stereocenters. The molecule has 0 unspecified atom stereocenters. The number of thiophene rings is 1. The third-order valence-electron chi connectivity index (χ3n) is 4.97. The molecule has 6 nitrogen and oxygen atoms in total. The first-order valence-corrected chi connectivity index (χ1v) is 10.9. The number of hydrogen-bond acceptors (Lipinski definition) is 6. The quantitative estimate of drug-likeness (QED) is 0.550. The van der Waals surface area contributed by atoms with Crippen LogP contribution in [0, 0.1) is 0 Å². The number of amides is 1. The fourth-order valence-corrected chi connectivity index (χ4v) is 4.62. The molecule has 0 saturated carbocycles. The highest BCUT2D eigenvalue weighted by atomic mass is 35.5. The fourth-order valence-electron chi connectivity index (χ4n) is 3.36. The number of nitrogens with zero attached hydrogens (tertiary/aromatic N) is 3. The molecular weight excluding hydrogens is 463 g/mol. The van der Waals surface area contributed by atoms with Crippen LogP contribution >= 0.6 is 22.9 Å². The maximum Gasteiger partial charge on any atom is 0.420 e. The molecule has 4 rings (SSSR count). The Morgan fingerprint density at radius 1 is 1.25 bits per heavy atom. The van der Waals surface area contributed by atoms with Gasteiger partial charge in [-0.3, -0.25) is 4.79 Å². The highest BCUT2D eigenvalue weighted by Gasteiger charge is 2.36. The predicted molar refractivity (Wildman–Crippen MR) is 119 cm³/mol. The number of aromatic nitrogens is 2. The third-order valence-corrected chi connectivity index (χ3v) is 6.37. The van der Waals surface area contributed by atoms with E-state index in [4.69, 9.17) is 11.6 Å². The first-order chi connectivity index (χ1) is 15.1. The van der Waals surface area contributed by atoms with E-state index >= 15 is 0 Å². The van der Waals surface area contributed by atoms with Crippen molar-refractivity contribution in [1.82, 2.24) is 20.2 Å². The minimum Gasteiger partial charge on any atom is -0.344 e. The number of carbonyl (C=O) groups excluding carboxylic acids is 1. The van der Waals surface area contributed by atoms with E-state index in [1.165, 1.54) is 17.0 Å². The van der Waals surface area contributed by atoms with E-state index in [0.29, 0.717) is 22.1 Å². The van der Waals surface area contributed by atoms with E-state index in [1.54, 1.807) is 14.1 Å². The average molecular weight is 482 g/mol. The van der Waals surface area contributed by atoms with E-state index in [1.807, 2.05) is 12.1 Å². The Morgan fingerprint density at radius 2 is 2.03 bits per heavy atom. The van der Waals surface area contributed by atoms with Gasteiger partial charge in [0, 0.05) is 26.8 Å². The summed E-state index contributed by atoms with van der Waals surface area (Å²) in [5, 5.41) is 6.63. The molecular formula is C21H19ClF3N5OS. The van der Waals surface area contributed by atoms with Gasteiger partial charge < -0.3 is 15.5 Å². The first kappa shape index (κ1) is 22.5. The highest BCUT2D eigenvalue weighted by molar-refractivity contribution is 7.17. The van der Waals surface area contributed by atoms with Gasteiger partial charge in [-0.1, -0.05) is 11.6 Å². The number of carbonyl (C=O) groups is 1. The molecule has 1 aliphatic rings. The second-order valence-electron chi connectivity index (χ2n) is 7.47. The van der Waals surface area contributed by atoms with Crippen molar-refractivity contribution in [2.24, 2.45) is 0 Å². The van der Waals surface area contributed by atoms with E-state index < -0.39 is 11.7 Å². The van der Waals surface area contributed by atoms with Gasteiger partial charge in [-0.25, -0.2) is 9.97 Å². The van der Waals surface area contributed by atoms with Crippen molar-refractivity contribution in [1.29, 1.82) is 0 Å². The number of benzene rings is 1. The zero-order valence-electron chi connectivity index (χ0n) is 17.2. The van der Waals surface area contributed by atoms with Crippen LogP contribution in [0.5, 0.6) is 0 Å². The molecule has 0 aliphatic carbocycles. The van der Waals surface area contributed by atoms with Crippen LogP contribution in [-0.4, -0.2) is 41.4 Å². The Kier molecular flexibility index (Phi) is 6.11. The molecule has 2 aromatic heterocycles. The van der Waals surface area contributed by atoms with Crippen molar-refractivity contribution in [3.05, 3.63) is 57.1 Å². The summed E-state index contributed by atoms with van der Waals surface area (Å²) in [6.07, 6.45) is -3.09. The van der Waals surface area contributed by atoms with Crippen LogP contribution in [0.1, 0.15) is 26.4 Å². The fraction of sp³-hybridized carbons (Fsp3) is 0.286. The van der Waals surface area contributed by atoms with Crippen molar-refractivity contribution in [2.45, 2.75) is 19.1 Å². The zero-order valence-corrected chi connectivity index (χ0v) is 18.8. The molecule has 11 heteroatoms. The molecule has 3 aromatic rings. The second kappa shape index (κ2) is 8.68. The summed E-state index contributed by atoms with van der Waals surface area (Å²) in [5.41, 5.74) is 1.44. The molecule has 1 amide bonds. The number of alkyl halides is 3. The maximum absolute atomic E-state index is 13.6. The third kappa shape index (κ3) is 4.57. The van der Waals surface area contributed by atoms with Gasteiger partial charge in [0.25, 0.3) is 5.91 Å². The van der Waals surface area contributed by atoms with Crippen LogP contribution in [0.3, 0.4) is 0 Å². The van der Waals surface area contributed by atoms with Crippen molar-refractivity contribution < 1.29 is 18.0 Å². The van der Waals surface area contributed by atoms with Gasteiger partial charge in [-0.05, 0) is 48.4 Å². The number of anilines is 2. The Balaban J connectivity index is 1.72. The van der Waals surface area contributed by atoms with Crippen LogP contribution in [-0.2, 0) is 19.1 Å². The van der Waals surface area contributed by atoms with Crippen molar-refractivity contribution in [3.8, 4) is 10.6 Å². The Hall–Kier alpha value is -2.69. The molecule has 0 radical (unpaired) electrons. The summed E-state index contributed by atoms with van der Waals surface area (Å²) in [5.74, 6) is -0.310. The van der Waals surface area contributed by atoms with Crippen LogP contribution < -0.4 is 10.6 Å². The Morgan fingerprint density at radius 3 is 2.75 bits per heavy atom. The highest BCUT2D eigenvalue weighted by Crippen LogP contribution is 2.39. The molecule has 1 aromatic carbocycles. The van der Waals surface area contributed by atoms with Gasteiger partial charge >= 0.3 is 6.18 Å². The van der Waals surface area contributed by atoms with E-state index in [-0.39, 0.29) is 22.4 Å². The lowest BCUT2D eigenvalue weighted by atomic mass is 10.0. The Bertz CT molecular complexity index is 1180. The summed E-state index contributed by atoms with van der Waals surface area (Å²) in [6, 6.07) is 6.65. The van der Waals surface area contributed by atoms with E-state index in [2.05, 4.69) is 20.6 Å². The zero-order chi connectivity index (χ0) is 23.0. The molecule has 0 saturated heterocycles. The van der Waals surface area contributed by atoms with Crippen molar-refractivity contribution in [2.75, 3.05) is 26.0 Å². The molecule has 2 N–H and O–H groups in total. The van der Waals surface area contributed by atoms with Gasteiger partial charge in [0.15, 0.2) is 0 Å². The maximum atomic E-state index is 13.6. The summed E-state index contributed by atoms with van der Waals surface area (Å²) in [6.45, 7) is 1.55. The average Bonchev–Trinajstić information content (AvgIpc) is 3.23. The SMILES string of the molecule is CN(C)C(=O)c1ccc(-c2nc(Nc3cc4c(cc3Cl)CNCC4)ncc2C(F)(F)F)s1. The number of halogens is 4. The smallest absolute Gasteiger partial charge is 0.344 e. The summed E-state index contributed by atoms with van der Waals surface area (Å²) >= 11 is 7.32. The number of hydrogen-bond donors (Lipinski definition) is 2. The van der Waals surface area contributed by atoms with Crippen LogP contribution in [0.25, 0.3) is 10.6 Å². The summed E-state index contributed by atoms with van der Waals surface area (Å²) in [4.78, 5) is 22.1. The lowest BCUT2D eigenvalue weighted by Gasteiger charge is -2.19. The van der Waals surface area contributed by atoms with Crippen molar-refractivity contribution >= 4 is 40.5 Å². The number of nitrogens with one attached hydrogen (secondary N) is 2. The van der Waals surface area contributed by atoms with Gasteiger partial charge in [0.1, 0.15) is 5.56 Å². The number of rotatable bonds is 4. The lowest BCUT2D eigenvalue weighted by Crippen LogP contribution is -2.23. The molecule has 3 heterocycles. The minimum absolute atomic E-state index is 0.0160. The molecule has 1 aliphatic heterocycles. The minimum atomic E-state index is -4.65. The largest absolute Gasteiger partial charge is 0.420 e. The molecule has 0 fully saturated rings. The molecule has 32 heavy (non-hydrogen) atoms. The molecule has 0 spiro atoms. The number of fused-ring (bicyclic) bond motifs is 1. The van der Waals surface area contributed by atoms with Crippen molar-refractivity contribution in [3.63, 3.8) is 0 Å². The second-order valence-corrected chi connectivity index (χ2v) is 8.96.